The maximum absolute atomic E-state index is 11.9. The number of rotatable bonds is 7. The predicted molar refractivity (Wildman–Crippen MR) is 122 cm³/mol. The molecular formula is C18H29BrClNO7S2. The molecule has 1 unspecified atom stereocenters. The fourth-order valence-electron chi connectivity index (χ4n) is 2.33. The minimum absolute atomic E-state index is 0.0506. The van der Waals surface area contributed by atoms with E-state index in [1.807, 2.05) is 25.1 Å². The molecule has 0 spiro atoms. The summed E-state index contributed by atoms with van der Waals surface area (Å²) in [5.41, 5.74) is 1.49. The lowest BCUT2D eigenvalue weighted by atomic mass is 9.92. The third-order valence-corrected chi connectivity index (χ3v) is 4.42. The van der Waals surface area contributed by atoms with Gasteiger partial charge in [-0.15, -0.1) is 0 Å². The van der Waals surface area contributed by atoms with Gasteiger partial charge in [0.2, 0.25) is 9.05 Å². The van der Waals surface area contributed by atoms with Gasteiger partial charge in [-0.2, -0.15) is 8.42 Å². The Labute approximate surface area is 192 Å². The molecule has 0 radical (unpaired) electrons. The van der Waals surface area contributed by atoms with Crippen LogP contribution in [0.25, 0.3) is 0 Å². The number of aryl methyl sites for hydroxylation is 1. The van der Waals surface area contributed by atoms with Crippen molar-refractivity contribution in [3.05, 3.63) is 33.8 Å². The van der Waals surface area contributed by atoms with Gasteiger partial charge in [-0.05, 0) is 57.4 Å². The van der Waals surface area contributed by atoms with Crippen LogP contribution in [0.15, 0.2) is 22.7 Å². The summed E-state index contributed by atoms with van der Waals surface area (Å²) in [5, 5.41) is 2.75. The van der Waals surface area contributed by atoms with Crippen LogP contribution in [0.2, 0.25) is 0 Å². The summed E-state index contributed by atoms with van der Waals surface area (Å²) in [6, 6.07) is 5.86. The van der Waals surface area contributed by atoms with Gasteiger partial charge < -0.3 is 10.1 Å². The number of carbonyl (C=O) groups excluding carboxylic acids is 1. The zero-order valence-electron chi connectivity index (χ0n) is 17.9. The van der Waals surface area contributed by atoms with Gasteiger partial charge in [0.25, 0.3) is 10.1 Å². The molecule has 0 aliphatic heterocycles. The highest BCUT2D eigenvalue weighted by Gasteiger charge is 2.20. The van der Waals surface area contributed by atoms with Crippen LogP contribution in [0, 0.1) is 6.92 Å². The molecule has 8 nitrogen and oxygen atoms in total. The molecule has 174 valence electrons. The van der Waals surface area contributed by atoms with Crippen LogP contribution in [-0.4, -0.2) is 54.2 Å². The van der Waals surface area contributed by atoms with Crippen molar-refractivity contribution in [2.24, 2.45) is 0 Å². The summed E-state index contributed by atoms with van der Waals surface area (Å²) in [6.07, 6.45) is 1.89. The number of hydrogen-bond donors (Lipinski definition) is 1. The number of halogens is 2. The summed E-state index contributed by atoms with van der Waals surface area (Å²) >= 11 is 3.43. The molecule has 0 saturated heterocycles. The molecule has 12 heteroatoms. The molecule has 0 bridgehead atoms. The Morgan fingerprint density at radius 2 is 1.73 bits per heavy atom. The minimum atomic E-state index is -3.49. The molecule has 1 N–H and O–H groups in total. The van der Waals surface area contributed by atoms with E-state index in [2.05, 4.69) is 31.9 Å². The molecule has 1 aromatic rings. The molecule has 1 rings (SSSR count). The molecule has 0 aromatic heterocycles. The first-order valence-corrected chi connectivity index (χ1v) is 14.2. The fraction of sp³-hybridized carbons (Fsp3) is 0.611. The maximum Gasteiger partial charge on any atom is 0.407 e. The second-order valence-electron chi connectivity index (χ2n) is 7.58. The normalized spacial score (nSPS) is 13.1. The monoisotopic (exact) mass is 549 g/mol. The Bertz CT molecular complexity index is 905. The van der Waals surface area contributed by atoms with Gasteiger partial charge in [-0.1, -0.05) is 22.0 Å². The Morgan fingerprint density at radius 1 is 1.20 bits per heavy atom. The topological polar surface area (TPSA) is 116 Å². The summed E-state index contributed by atoms with van der Waals surface area (Å²) in [5.74, 6) is -0.0950. The molecule has 0 heterocycles. The molecule has 1 atom stereocenters. The molecule has 0 saturated carbocycles. The van der Waals surface area contributed by atoms with E-state index in [0.29, 0.717) is 13.0 Å². The summed E-state index contributed by atoms with van der Waals surface area (Å²) < 4.78 is 52.2. The first-order valence-electron chi connectivity index (χ1n) is 8.84. The second-order valence-corrected chi connectivity index (χ2v) is 13.2. The second kappa shape index (κ2) is 12.2. The number of benzene rings is 1. The van der Waals surface area contributed by atoms with Crippen LogP contribution in [-0.2, 0) is 28.1 Å². The van der Waals surface area contributed by atoms with Gasteiger partial charge in [-0.3, -0.25) is 4.18 Å². The number of ether oxygens (including phenoxy) is 1. The lowest BCUT2D eigenvalue weighted by molar-refractivity contribution is 0.0522. The fourth-order valence-corrected chi connectivity index (χ4v) is 3.20. The Balaban J connectivity index is 0.00000150. The van der Waals surface area contributed by atoms with Crippen molar-refractivity contribution in [3.63, 3.8) is 0 Å². The number of alkyl carbamates (subject to hydrolysis) is 1. The average Bonchev–Trinajstić information content (AvgIpc) is 2.46. The van der Waals surface area contributed by atoms with Crippen molar-refractivity contribution in [2.45, 2.75) is 45.6 Å². The highest BCUT2D eigenvalue weighted by Crippen LogP contribution is 2.26. The van der Waals surface area contributed by atoms with Gasteiger partial charge in [-0.25, -0.2) is 13.2 Å². The third kappa shape index (κ3) is 16.9. The van der Waals surface area contributed by atoms with Crippen LogP contribution in [0.4, 0.5) is 4.79 Å². The van der Waals surface area contributed by atoms with Gasteiger partial charge in [0, 0.05) is 27.6 Å². The Kier molecular flexibility index (Phi) is 11.9. The zero-order valence-corrected chi connectivity index (χ0v) is 21.8. The number of amides is 1. The van der Waals surface area contributed by atoms with E-state index < -0.39 is 30.9 Å². The first-order chi connectivity index (χ1) is 13.4. The van der Waals surface area contributed by atoms with Gasteiger partial charge in [0.15, 0.2) is 0 Å². The van der Waals surface area contributed by atoms with Crippen LogP contribution in [0.1, 0.15) is 44.2 Å². The first kappa shape index (κ1) is 29.1. The van der Waals surface area contributed by atoms with Crippen molar-refractivity contribution in [1.29, 1.82) is 0 Å². The van der Waals surface area contributed by atoms with Crippen molar-refractivity contribution >= 4 is 51.9 Å². The molecule has 0 aliphatic carbocycles. The van der Waals surface area contributed by atoms with Gasteiger partial charge in [0.1, 0.15) is 5.60 Å². The van der Waals surface area contributed by atoms with Crippen LogP contribution >= 0.6 is 26.6 Å². The van der Waals surface area contributed by atoms with Crippen molar-refractivity contribution in [1.82, 2.24) is 5.32 Å². The minimum Gasteiger partial charge on any atom is -0.444 e. The van der Waals surface area contributed by atoms with Gasteiger partial charge in [0.05, 0.1) is 19.1 Å². The summed E-state index contributed by atoms with van der Waals surface area (Å²) in [6.45, 7) is 7.73. The quantitative estimate of drug-likeness (QED) is 0.404. The number of hydrogen-bond acceptors (Lipinski definition) is 7. The van der Waals surface area contributed by atoms with E-state index in [0.717, 1.165) is 28.1 Å². The van der Waals surface area contributed by atoms with Crippen molar-refractivity contribution < 1.29 is 30.6 Å². The third-order valence-electron chi connectivity index (χ3n) is 3.33. The average molecular weight is 551 g/mol. The molecular weight excluding hydrogens is 522 g/mol. The van der Waals surface area contributed by atoms with Crippen LogP contribution in [0.5, 0.6) is 0 Å². The highest BCUT2D eigenvalue weighted by atomic mass is 79.9. The number of nitrogens with one attached hydrogen (secondary N) is 1. The molecule has 1 aromatic carbocycles. The van der Waals surface area contributed by atoms with E-state index in [9.17, 15) is 21.6 Å². The lowest BCUT2D eigenvalue weighted by Crippen LogP contribution is -2.35. The highest BCUT2D eigenvalue weighted by molar-refractivity contribution is 9.10. The van der Waals surface area contributed by atoms with Gasteiger partial charge >= 0.3 is 6.09 Å². The van der Waals surface area contributed by atoms with E-state index in [1.165, 1.54) is 0 Å². The zero-order chi connectivity index (χ0) is 23.8. The SMILES string of the molecule is CS(=O)(=O)Cl.Cc1cc(Br)ccc1C(CCOS(C)(=O)=O)CNC(=O)OC(C)(C)C. The smallest absolute Gasteiger partial charge is 0.407 e. The van der Waals surface area contributed by atoms with E-state index in [-0.39, 0.29) is 12.5 Å². The summed E-state index contributed by atoms with van der Waals surface area (Å²) in [4.78, 5) is 11.9. The van der Waals surface area contributed by atoms with E-state index >= 15 is 0 Å². The molecule has 0 fully saturated rings. The molecule has 1 amide bonds. The largest absolute Gasteiger partial charge is 0.444 e. The Morgan fingerprint density at radius 3 is 2.17 bits per heavy atom. The van der Waals surface area contributed by atoms with Crippen LogP contribution < -0.4 is 5.32 Å². The van der Waals surface area contributed by atoms with Crippen LogP contribution in [0.3, 0.4) is 0 Å². The lowest BCUT2D eigenvalue weighted by Gasteiger charge is -2.23. The Hall–Kier alpha value is -0.880. The molecule has 30 heavy (non-hydrogen) atoms. The van der Waals surface area contributed by atoms with E-state index in [4.69, 9.17) is 8.92 Å². The van der Waals surface area contributed by atoms with Crippen molar-refractivity contribution in [3.8, 4) is 0 Å². The van der Waals surface area contributed by atoms with Crippen molar-refractivity contribution in [2.75, 3.05) is 25.7 Å². The summed E-state index contributed by atoms with van der Waals surface area (Å²) in [7, 11) is -2.19. The maximum atomic E-state index is 11.9. The standard InChI is InChI=1S/C17H26BrNO5S.CH3ClO2S/c1-12-10-14(18)6-7-15(12)13(8-9-23-25(5,21)22)11-19-16(20)24-17(2,3)4;1-5(2,3)4/h6-7,10,13H,8-9,11H2,1-5H3,(H,19,20);1H3. The molecule has 0 aliphatic rings. The predicted octanol–water partition coefficient (Wildman–Crippen LogP) is 3.92. The van der Waals surface area contributed by atoms with E-state index in [1.54, 1.807) is 20.8 Å². The number of carbonyl (C=O) groups is 1.